The van der Waals surface area contributed by atoms with Crippen molar-refractivity contribution in [1.29, 1.82) is 0 Å². The van der Waals surface area contributed by atoms with Gasteiger partial charge in [0.25, 0.3) is 6.02 Å². The fourth-order valence-electron chi connectivity index (χ4n) is 2.50. The maximum Gasteiger partial charge on any atom is 0.282 e. The predicted molar refractivity (Wildman–Crippen MR) is 96.8 cm³/mol. The van der Waals surface area contributed by atoms with Crippen molar-refractivity contribution in [2.75, 3.05) is 18.2 Å². The number of aliphatic imine (C=N–C) groups is 2. The number of anilines is 1. The lowest BCUT2D eigenvalue weighted by atomic mass is 10.1. The van der Waals surface area contributed by atoms with Crippen LogP contribution in [0.4, 0.5) is 5.69 Å². The number of hydrogen-bond donors (Lipinski definition) is 3. The first-order valence-electron chi connectivity index (χ1n) is 7.55. The normalized spacial score (nSPS) is 25.6. The van der Waals surface area contributed by atoms with Gasteiger partial charge in [0.05, 0.1) is 12.4 Å². The minimum Gasteiger partial charge on any atom is -0.463 e. The van der Waals surface area contributed by atoms with Crippen LogP contribution in [0.2, 0.25) is 0 Å². The van der Waals surface area contributed by atoms with Gasteiger partial charge in [0, 0.05) is 11.9 Å². The minimum absolute atomic E-state index is 0.182. The number of nitrogens with two attached hydrogens (primary N) is 1. The molecule has 0 fully saturated rings. The molecule has 0 bridgehead atoms. The van der Waals surface area contributed by atoms with Gasteiger partial charge in [-0.2, -0.15) is 0 Å². The van der Waals surface area contributed by atoms with Gasteiger partial charge in [-0.15, -0.1) is 11.8 Å². The molecule has 2 atom stereocenters. The van der Waals surface area contributed by atoms with Crippen LogP contribution < -0.4 is 16.4 Å². The standard InChI is InChI=1S/C16H21N5OS/c1-23-16(8-9-18-11-19-16)21-13-5-2-12(3-6-13)4-7-14-10-22-15(17)20-14/h2-3,5-6,8-9,11,14,21H,4,7,10H2,1H3,(H2,17,20)(H,18,19)/t14-,16?/m0/s1. The molecule has 2 aliphatic rings. The third-order valence-corrected chi connectivity index (χ3v) is 4.79. The maximum atomic E-state index is 5.52. The zero-order valence-electron chi connectivity index (χ0n) is 13.0. The third kappa shape index (κ3) is 3.98. The summed E-state index contributed by atoms with van der Waals surface area (Å²) in [6.45, 7) is 0.597. The minimum atomic E-state index is -0.444. The van der Waals surface area contributed by atoms with Crippen molar-refractivity contribution >= 4 is 29.8 Å². The summed E-state index contributed by atoms with van der Waals surface area (Å²) in [7, 11) is 0. The average Bonchev–Trinajstić information content (AvgIpc) is 3.00. The third-order valence-electron chi connectivity index (χ3n) is 3.82. The lowest BCUT2D eigenvalue weighted by Crippen LogP contribution is -2.33. The van der Waals surface area contributed by atoms with E-state index in [1.54, 1.807) is 18.1 Å². The number of ether oxygens (including phenoxy) is 1. The summed E-state index contributed by atoms with van der Waals surface area (Å²) in [5.74, 6) is 0. The van der Waals surface area contributed by atoms with E-state index in [1.807, 2.05) is 18.5 Å². The molecule has 23 heavy (non-hydrogen) atoms. The Morgan fingerprint density at radius 1 is 1.43 bits per heavy atom. The molecule has 0 saturated carbocycles. The van der Waals surface area contributed by atoms with Crippen molar-refractivity contribution in [3.63, 3.8) is 0 Å². The maximum absolute atomic E-state index is 5.52. The number of thioether (sulfide) groups is 1. The first-order chi connectivity index (χ1) is 11.2. The summed E-state index contributed by atoms with van der Waals surface area (Å²) in [5.41, 5.74) is 7.84. The molecule has 6 nitrogen and oxygen atoms in total. The Kier molecular flexibility index (Phi) is 4.76. The smallest absolute Gasteiger partial charge is 0.282 e. The molecule has 0 aliphatic carbocycles. The summed E-state index contributed by atoms with van der Waals surface area (Å²) >= 11 is 1.64. The second kappa shape index (κ2) is 6.95. The lowest BCUT2D eigenvalue weighted by molar-refractivity contribution is 0.308. The van der Waals surface area contributed by atoms with Crippen LogP contribution in [-0.2, 0) is 11.2 Å². The van der Waals surface area contributed by atoms with Crippen molar-refractivity contribution < 1.29 is 4.74 Å². The molecule has 4 N–H and O–H groups in total. The Morgan fingerprint density at radius 3 is 2.87 bits per heavy atom. The van der Waals surface area contributed by atoms with Crippen molar-refractivity contribution in [1.82, 2.24) is 5.32 Å². The molecule has 0 saturated heterocycles. The van der Waals surface area contributed by atoms with E-state index in [0.717, 1.165) is 18.5 Å². The molecule has 0 radical (unpaired) electrons. The molecule has 0 aromatic heterocycles. The Hall–Kier alpha value is -2.15. The Balaban J connectivity index is 1.57. The Labute approximate surface area is 140 Å². The highest BCUT2D eigenvalue weighted by molar-refractivity contribution is 8.00. The van der Waals surface area contributed by atoms with Crippen LogP contribution in [0.25, 0.3) is 0 Å². The number of hydrogen-bond acceptors (Lipinski definition) is 7. The molecule has 1 aromatic rings. The molecule has 122 valence electrons. The highest BCUT2D eigenvalue weighted by Crippen LogP contribution is 2.29. The van der Waals surface area contributed by atoms with E-state index in [9.17, 15) is 0 Å². The topological polar surface area (TPSA) is 84.0 Å². The zero-order valence-corrected chi connectivity index (χ0v) is 13.8. The van der Waals surface area contributed by atoms with Crippen molar-refractivity contribution in [2.24, 2.45) is 15.7 Å². The van der Waals surface area contributed by atoms with E-state index in [1.165, 1.54) is 5.56 Å². The number of rotatable bonds is 6. The summed E-state index contributed by atoms with van der Waals surface area (Å²) in [4.78, 5) is 8.28. The molecule has 2 aliphatic heterocycles. The molecule has 0 amide bonds. The van der Waals surface area contributed by atoms with Gasteiger partial charge in [-0.1, -0.05) is 12.1 Å². The van der Waals surface area contributed by atoms with Crippen LogP contribution in [0.15, 0.2) is 46.5 Å². The quantitative estimate of drug-likeness (QED) is 0.694. The van der Waals surface area contributed by atoms with Crippen LogP contribution in [-0.4, -0.2) is 36.3 Å². The van der Waals surface area contributed by atoms with E-state index in [2.05, 4.69) is 44.9 Å². The van der Waals surface area contributed by atoms with Gasteiger partial charge in [0.2, 0.25) is 0 Å². The van der Waals surface area contributed by atoms with Gasteiger partial charge < -0.3 is 21.1 Å². The molecule has 2 heterocycles. The second-order valence-corrected chi connectivity index (χ2v) is 6.48. The second-order valence-electron chi connectivity index (χ2n) is 5.45. The van der Waals surface area contributed by atoms with Crippen LogP contribution in [0.3, 0.4) is 0 Å². The molecule has 3 rings (SSSR count). The van der Waals surface area contributed by atoms with Gasteiger partial charge in [-0.3, -0.25) is 0 Å². The zero-order chi connectivity index (χ0) is 16.1. The van der Waals surface area contributed by atoms with Crippen LogP contribution >= 0.6 is 11.8 Å². The van der Waals surface area contributed by atoms with Crippen molar-refractivity contribution in [3.8, 4) is 0 Å². The van der Waals surface area contributed by atoms with Crippen LogP contribution in [0, 0.1) is 0 Å². The molecular weight excluding hydrogens is 310 g/mol. The largest absolute Gasteiger partial charge is 0.463 e. The number of nitrogens with one attached hydrogen (secondary N) is 2. The molecule has 0 spiro atoms. The Bertz CT molecular complexity index is 614. The predicted octanol–water partition coefficient (Wildman–Crippen LogP) is 1.91. The van der Waals surface area contributed by atoms with Gasteiger partial charge in [-0.05, 0) is 42.9 Å². The van der Waals surface area contributed by atoms with Gasteiger partial charge >= 0.3 is 0 Å². The molecule has 1 aromatic carbocycles. The average molecular weight is 331 g/mol. The first-order valence-corrected chi connectivity index (χ1v) is 8.77. The van der Waals surface area contributed by atoms with E-state index >= 15 is 0 Å². The molecule has 1 unspecified atom stereocenters. The van der Waals surface area contributed by atoms with Crippen LogP contribution in [0.1, 0.15) is 12.0 Å². The number of aryl methyl sites for hydroxylation is 1. The van der Waals surface area contributed by atoms with E-state index in [4.69, 9.17) is 10.5 Å². The van der Waals surface area contributed by atoms with Gasteiger partial charge in [0.15, 0.2) is 4.99 Å². The lowest BCUT2D eigenvalue weighted by Gasteiger charge is -2.28. The van der Waals surface area contributed by atoms with E-state index in [-0.39, 0.29) is 6.04 Å². The molecular formula is C16H21N5OS. The van der Waals surface area contributed by atoms with Crippen molar-refractivity contribution in [3.05, 3.63) is 42.1 Å². The van der Waals surface area contributed by atoms with Gasteiger partial charge in [0.1, 0.15) is 6.61 Å². The monoisotopic (exact) mass is 331 g/mol. The SMILES string of the molecule is CSC1(Nc2ccc(CC[C@H]3COC(N)=N3)cc2)C=CNC=N1. The summed E-state index contributed by atoms with van der Waals surface area (Å²) in [6, 6.07) is 8.93. The summed E-state index contributed by atoms with van der Waals surface area (Å²) in [5, 5.41) is 6.41. The molecule has 7 heteroatoms. The van der Waals surface area contributed by atoms with Crippen LogP contribution in [0.5, 0.6) is 0 Å². The number of amidine groups is 1. The highest BCUT2D eigenvalue weighted by Gasteiger charge is 2.25. The van der Waals surface area contributed by atoms with E-state index < -0.39 is 4.99 Å². The Morgan fingerprint density at radius 2 is 2.26 bits per heavy atom. The number of benzene rings is 1. The summed E-state index contributed by atoms with van der Waals surface area (Å²) in [6.07, 6.45) is 9.54. The number of nitrogens with zero attached hydrogens (tertiary/aromatic N) is 2. The fraction of sp³-hybridized carbons (Fsp3) is 0.375. The highest BCUT2D eigenvalue weighted by atomic mass is 32.2. The van der Waals surface area contributed by atoms with Crippen molar-refractivity contribution in [2.45, 2.75) is 23.9 Å². The van der Waals surface area contributed by atoms with E-state index in [0.29, 0.717) is 12.6 Å². The fourth-order valence-corrected chi connectivity index (χ4v) is 3.09. The summed E-state index contributed by atoms with van der Waals surface area (Å²) < 4.78 is 5.17. The van der Waals surface area contributed by atoms with Gasteiger partial charge in [-0.25, -0.2) is 9.98 Å². The first kappa shape index (κ1) is 15.7.